The van der Waals surface area contributed by atoms with Gasteiger partial charge in [-0.15, -0.1) is 0 Å². The molecule has 0 bridgehead atoms. The van der Waals surface area contributed by atoms with Crippen LogP contribution in [0.25, 0.3) is 22.6 Å². The summed E-state index contributed by atoms with van der Waals surface area (Å²) in [7, 11) is 0. The van der Waals surface area contributed by atoms with E-state index in [9.17, 15) is 0 Å². The standard InChI is InChI=1S/C12H8N3/c1-2-6-10-9(5-1)14-12(15-10)11-7-3-4-8-13-11/h1-2,4-8H,(H,14,15). The number of imidazole rings is 1. The lowest BCUT2D eigenvalue weighted by molar-refractivity contribution is 1.24. The molecule has 2 aromatic heterocycles. The van der Waals surface area contributed by atoms with Crippen LogP contribution in [0.1, 0.15) is 0 Å². The van der Waals surface area contributed by atoms with Crippen molar-refractivity contribution >= 4 is 11.0 Å². The zero-order valence-electron chi connectivity index (χ0n) is 7.94. The molecule has 0 fully saturated rings. The van der Waals surface area contributed by atoms with Gasteiger partial charge in [-0.05, 0) is 30.3 Å². The van der Waals surface area contributed by atoms with Crippen molar-refractivity contribution in [3.05, 3.63) is 48.7 Å². The van der Waals surface area contributed by atoms with Gasteiger partial charge in [0.25, 0.3) is 0 Å². The maximum atomic E-state index is 4.44. The number of hydrogen-bond donors (Lipinski definition) is 1. The third-order valence-corrected chi connectivity index (χ3v) is 2.24. The highest BCUT2D eigenvalue weighted by Gasteiger charge is 2.04. The lowest BCUT2D eigenvalue weighted by Crippen LogP contribution is -1.83. The van der Waals surface area contributed by atoms with Crippen LogP contribution in [0.3, 0.4) is 0 Å². The molecule has 1 radical (unpaired) electrons. The number of rotatable bonds is 1. The molecule has 0 spiro atoms. The van der Waals surface area contributed by atoms with E-state index in [4.69, 9.17) is 0 Å². The molecule has 71 valence electrons. The summed E-state index contributed by atoms with van der Waals surface area (Å²) in [4.78, 5) is 11.9. The SMILES string of the molecule is [c]1ccnc(-c2nc3ccccc3[nH]2)c1. The molecule has 0 aliphatic rings. The Bertz CT molecular complexity index is 551. The van der Waals surface area contributed by atoms with Gasteiger partial charge in [-0.25, -0.2) is 4.98 Å². The summed E-state index contributed by atoms with van der Waals surface area (Å²) in [5, 5.41) is 0. The molecular weight excluding hydrogens is 186 g/mol. The Hall–Kier alpha value is -2.16. The van der Waals surface area contributed by atoms with Gasteiger partial charge in [0, 0.05) is 6.20 Å². The molecule has 15 heavy (non-hydrogen) atoms. The average Bonchev–Trinajstić information content (AvgIpc) is 2.74. The van der Waals surface area contributed by atoms with Crippen LogP contribution < -0.4 is 0 Å². The van der Waals surface area contributed by atoms with Gasteiger partial charge >= 0.3 is 0 Å². The second kappa shape index (κ2) is 3.20. The fourth-order valence-electron chi connectivity index (χ4n) is 1.53. The Morgan fingerprint density at radius 3 is 2.93 bits per heavy atom. The summed E-state index contributed by atoms with van der Waals surface area (Å²) in [6, 6.07) is 14.5. The van der Waals surface area contributed by atoms with Crippen molar-refractivity contribution in [2.24, 2.45) is 0 Å². The van der Waals surface area contributed by atoms with Gasteiger partial charge in [0.1, 0.15) is 5.69 Å². The Balaban J connectivity index is 2.21. The van der Waals surface area contributed by atoms with Gasteiger partial charge in [0.05, 0.1) is 11.0 Å². The predicted molar refractivity (Wildman–Crippen MR) is 58.2 cm³/mol. The van der Waals surface area contributed by atoms with Crippen molar-refractivity contribution in [3.8, 4) is 11.5 Å². The molecule has 0 atom stereocenters. The molecule has 0 saturated carbocycles. The highest BCUT2D eigenvalue weighted by Crippen LogP contribution is 2.17. The quantitative estimate of drug-likeness (QED) is 0.646. The third kappa shape index (κ3) is 1.38. The van der Waals surface area contributed by atoms with E-state index in [1.807, 2.05) is 30.3 Å². The van der Waals surface area contributed by atoms with Crippen molar-refractivity contribution in [3.63, 3.8) is 0 Å². The van der Waals surface area contributed by atoms with Gasteiger partial charge in [-0.2, -0.15) is 0 Å². The number of nitrogens with one attached hydrogen (secondary N) is 1. The molecule has 3 aromatic rings. The first-order valence-electron chi connectivity index (χ1n) is 4.71. The molecule has 0 aliphatic carbocycles. The minimum absolute atomic E-state index is 0.785. The van der Waals surface area contributed by atoms with Crippen LogP contribution in [0.15, 0.2) is 42.6 Å². The first-order chi connectivity index (χ1) is 7.43. The van der Waals surface area contributed by atoms with Crippen LogP contribution in [-0.2, 0) is 0 Å². The van der Waals surface area contributed by atoms with Crippen LogP contribution in [-0.4, -0.2) is 15.0 Å². The smallest absolute Gasteiger partial charge is 0.157 e. The summed E-state index contributed by atoms with van der Waals surface area (Å²) < 4.78 is 0. The second-order valence-electron chi connectivity index (χ2n) is 3.24. The largest absolute Gasteiger partial charge is 0.337 e. The summed E-state index contributed by atoms with van der Waals surface area (Å²) in [5.74, 6) is 0.785. The van der Waals surface area contributed by atoms with Crippen LogP contribution >= 0.6 is 0 Å². The van der Waals surface area contributed by atoms with Crippen LogP contribution in [0.2, 0.25) is 0 Å². The van der Waals surface area contributed by atoms with E-state index in [-0.39, 0.29) is 0 Å². The molecule has 0 amide bonds. The Labute approximate surface area is 86.8 Å². The minimum Gasteiger partial charge on any atom is -0.337 e. The predicted octanol–water partition coefficient (Wildman–Crippen LogP) is 2.43. The second-order valence-corrected chi connectivity index (χ2v) is 3.24. The summed E-state index contributed by atoms with van der Waals surface area (Å²) in [6.45, 7) is 0. The van der Waals surface area contributed by atoms with Crippen LogP contribution in [0.4, 0.5) is 0 Å². The van der Waals surface area contributed by atoms with Gasteiger partial charge in [-0.1, -0.05) is 12.1 Å². The lowest BCUT2D eigenvalue weighted by atomic mass is 10.3. The lowest BCUT2D eigenvalue weighted by Gasteiger charge is -1.91. The molecule has 1 N–H and O–H groups in total. The Kier molecular flexibility index (Phi) is 1.75. The van der Waals surface area contributed by atoms with E-state index in [2.05, 4.69) is 21.0 Å². The van der Waals surface area contributed by atoms with E-state index in [1.54, 1.807) is 12.3 Å². The van der Waals surface area contributed by atoms with Gasteiger partial charge < -0.3 is 4.98 Å². The molecule has 3 heteroatoms. The van der Waals surface area contributed by atoms with E-state index in [0.29, 0.717) is 0 Å². The van der Waals surface area contributed by atoms with Crippen molar-refractivity contribution in [1.29, 1.82) is 0 Å². The number of aromatic amines is 1. The first kappa shape index (κ1) is 8.17. The molecule has 3 nitrogen and oxygen atoms in total. The van der Waals surface area contributed by atoms with Crippen molar-refractivity contribution < 1.29 is 0 Å². The number of nitrogens with zero attached hydrogens (tertiary/aromatic N) is 2. The maximum Gasteiger partial charge on any atom is 0.157 e. The van der Waals surface area contributed by atoms with Gasteiger partial charge in [0.15, 0.2) is 5.82 Å². The number of aromatic nitrogens is 3. The monoisotopic (exact) mass is 194 g/mol. The molecule has 0 unspecified atom stereocenters. The number of pyridine rings is 1. The number of fused-ring (bicyclic) bond motifs is 1. The molecular formula is C12H8N3. The van der Waals surface area contributed by atoms with Crippen molar-refractivity contribution in [1.82, 2.24) is 15.0 Å². The van der Waals surface area contributed by atoms with Gasteiger partial charge in [0.2, 0.25) is 0 Å². The average molecular weight is 194 g/mol. The molecule has 1 aromatic carbocycles. The third-order valence-electron chi connectivity index (χ3n) is 2.24. The highest BCUT2D eigenvalue weighted by atomic mass is 14.9. The number of benzene rings is 1. The summed E-state index contributed by atoms with van der Waals surface area (Å²) >= 11 is 0. The van der Waals surface area contributed by atoms with E-state index in [0.717, 1.165) is 22.6 Å². The fraction of sp³-hybridized carbons (Fsp3) is 0. The summed E-state index contributed by atoms with van der Waals surface area (Å²) in [6.07, 6.45) is 1.71. The fourth-order valence-corrected chi connectivity index (χ4v) is 1.53. The maximum absolute atomic E-state index is 4.44. The minimum atomic E-state index is 0.785. The molecule has 0 saturated heterocycles. The Morgan fingerprint density at radius 1 is 1.20 bits per heavy atom. The highest BCUT2D eigenvalue weighted by molar-refractivity contribution is 5.78. The summed E-state index contributed by atoms with van der Waals surface area (Å²) in [5.41, 5.74) is 2.80. The van der Waals surface area contributed by atoms with Crippen LogP contribution in [0.5, 0.6) is 0 Å². The van der Waals surface area contributed by atoms with Crippen LogP contribution in [0, 0.1) is 6.07 Å². The van der Waals surface area contributed by atoms with E-state index < -0.39 is 0 Å². The van der Waals surface area contributed by atoms with Crippen molar-refractivity contribution in [2.45, 2.75) is 0 Å². The van der Waals surface area contributed by atoms with E-state index in [1.165, 1.54) is 0 Å². The molecule has 2 heterocycles. The van der Waals surface area contributed by atoms with Gasteiger partial charge in [-0.3, -0.25) is 4.98 Å². The topological polar surface area (TPSA) is 41.6 Å². The number of hydrogen-bond acceptors (Lipinski definition) is 2. The number of H-pyrrole nitrogens is 1. The molecule has 0 aliphatic heterocycles. The van der Waals surface area contributed by atoms with E-state index >= 15 is 0 Å². The first-order valence-corrected chi connectivity index (χ1v) is 4.71. The van der Waals surface area contributed by atoms with Crippen molar-refractivity contribution in [2.75, 3.05) is 0 Å². The zero-order chi connectivity index (χ0) is 10.1. The normalized spacial score (nSPS) is 10.7. The zero-order valence-corrected chi connectivity index (χ0v) is 7.94. The Morgan fingerprint density at radius 2 is 2.13 bits per heavy atom. The number of para-hydroxylation sites is 2. The molecule has 3 rings (SSSR count).